The van der Waals surface area contributed by atoms with Crippen molar-refractivity contribution in [2.75, 3.05) is 0 Å². The summed E-state index contributed by atoms with van der Waals surface area (Å²) in [6.07, 6.45) is -10.5. The molecule has 0 spiro atoms. The molecule has 9 heteroatoms. The smallest absolute Gasteiger partial charge is 0.274 e. The maximum absolute atomic E-state index is 12.3. The van der Waals surface area contributed by atoms with E-state index in [-0.39, 0.29) is 6.07 Å². The van der Waals surface area contributed by atoms with Gasteiger partial charge in [-0.2, -0.15) is 26.3 Å². The number of carbonyl (C=O) groups is 1. The lowest BCUT2D eigenvalue weighted by atomic mass is 10.1. The Morgan fingerprint density at radius 2 is 1.59 bits per heavy atom. The first-order valence-electron chi connectivity index (χ1n) is 3.88. The Balaban J connectivity index is 3.49. The van der Waals surface area contributed by atoms with E-state index in [0.717, 1.165) is 0 Å². The highest BCUT2D eigenvalue weighted by Gasteiger charge is 2.44. The second-order valence-corrected chi connectivity index (χ2v) is 3.21. The lowest BCUT2D eigenvalue weighted by Crippen LogP contribution is -2.19. The summed E-state index contributed by atoms with van der Waals surface area (Å²) >= 11 is 4.84. The number of rotatable bonds is 1. The molecule has 1 rings (SSSR count). The minimum atomic E-state index is -5.33. The molecule has 0 radical (unpaired) electrons. The fraction of sp³-hybridized carbons (Fsp3) is 0.250. The van der Waals surface area contributed by atoms with Crippen molar-refractivity contribution < 1.29 is 31.1 Å². The van der Waals surface area contributed by atoms with Gasteiger partial charge in [-0.1, -0.05) is 0 Å². The van der Waals surface area contributed by atoms with Gasteiger partial charge in [-0.25, -0.2) is 4.98 Å². The van der Waals surface area contributed by atoms with Gasteiger partial charge in [0.15, 0.2) is 5.69 Å². The van der Waals surface area contributed by atoms with E-state index in [9.17, 15) is 31.1 Å². The van der Waals surface area contributed by atoms with Crippen LogP contribution in [0.15, 0.2) is 12.1 Å². The molecule has 1 heterocycles. The van der Waals surface area contributed by atoms with Gasteiger partial charge in [0.05, 0.1) is 5.56 Å². The van der Waals surface area contributed by atoms with Gasteiger partial charge in [-0.05, 0) is 23.7 Å². The molecule has 0 saturated carbocycles. The highest BCUT2D eigenvalue weighted by atomic mass is 35.5. The van der Waals surface area contributed by atoms with Gasteiger partial charge in [0.25, 0.3) is 5.24 Å². The van der Waals surface area contributed by atoms with Crippen molar-refractivity contribution in [3.8, 4) is 0 Å². The van der Waals surface area contributed by atoms with E-state index in [0.29, 0.717) is 6.07 Å². The Kier molecular flexibility index (Phi) is 3.37. The number of carbonyl (C=O) groups excluding carboxylic acids is 1. The number of hydrogen-bond donors (Lipinski definition) is 0. The molecule has 0 unspecified atom stereocenters. The summed E-state index contributed by atoms with van der Waals surface area (Å²) in [5.41, 5.74) is -5.05. The molecular weight excluding hydrogens is 276 g/mol. The van der Waals surface area contributed by atoms with Crippen molar-refractivity contribution >= 4 is 16.8 Å². The van der Waals surface area contributed by atoms with Crippen LogP contribution in [0.5, 0.6) is 0 Å². The first-order valence-corrected chi connectivity index (χ1v) is 4.26. The standard InChI is InChI=1S/C8H2ClF6NO/c9-6(17)4-2-1-3(7(10,11)12)5(16-4)8(13,14)15/h1-2H. The average Bonchev–Trinajstić information content (AvgIpc) is 2.14. The second-order valence-electron chi connectivity index (χ2n) is 2.86. The number of hydrogen-bond acceptors (Lipinski definition) is 2. The van der Waals surface area contributed by atoms with Crippen LogP contribution in [0.4, 0.5) is 26.3 Å². The fourth-order valence-electron chi connectivity index (χ4n) is 1.01. The first-order chi connectivity index (χ1) is 7.53. The Bertz CT molecular complexity index is 452. The molecule has 1 aromatic heterocycles. The lowest BCUT2D eigenvalue weighted by molar-refractivity contribution is -0.164. The van der Waals surface area contributed by atoms with Crippen molar-refractivity contribution in [1.29, 1.82) is 0 Å². The number of aromatic nitrogens is 1. The van der Waals surface area contributed by atoms with Crippen LogP contribution in [0.25, 0.3) is 0 Å². The Labute approximate surface area is 95.2 Å². The molecule has 0 saturated heterocycles. The van der Waals surface area contributed by atoms with E-state index in [2.05, 4.69) is 4.98 Å². The normalized spacial score (nSPS) is 12.6. The Morgan fingerprint density at radius 3 is 1.94 bits per heavy atom. The van der Waals surface area contributed by atoms with Crippen molar-refractivity contribution in [3.63, 3.8) is 0 Å². The third-order valence-corrected chi connectivity index (χ3v) is 1.86. The van der Waals surface area contributed by atoms with Gasteiger partial charge in [0, 0.05) is 0 Å². The summed E-state index contributed by atoms with van der Waals surface area (Å²) in [5.74, 6) is 0. The SMILES string of the molecule is O=C(Cl)c1ccc(C(F)(F)F)c(C(F)(F)F)n1. The van der Waals surface area contributed by atoms with Gasteiger partial charge >= 0.3 is 12.4 Å². The van der Waals surface area contributed by atoms with Crippen LogP contribution in [0.2, 0.25) is 0 Å². The van der Waals surface area contributed by atoms with Crippen molar-refractivity contribution in [3.05, 3.63) is 29.1 Å². The molecule has 0 aliphatic rings. The van der Waals surface area contributed by atoms with Crippen LogP contribution >= 0.6 is 11.6 Å². The fourth-order valence-corrected chi connectivity index (χ4v) is 1.12. The number of pyridine rings is 1. The maximum atomic E-state index is 12.3. The van der Waals surface area contributed by atoms with Crippen LogP contribution in [0.3, 0.4) is 0 Å². The number of halogens is 7. The van der Waals surface area contributed by atoms with E-state index in [1.54, 1.807) is 0 Å². The zero-order chi connectivity index (χ0) is 13.4. The molecule has 0 aliphatic carbocycles. The molecule has 0 fully saturated rings. The van der Waals surface area contributed by atoms with E-state index in [1.807, 2.05) is 0 Å². The van der Waals surface area contributed by atoms with Crippen LogP contribution in [-0.2, 0) is 12.4 Å². The zero-order valence-corrected chi connectivity index (χ0v) is 8.41. The number of nitrogens with zero attached hydrogens (tertiary/aromatic N) is 1. The van der Waals surface area contributed by atoms with E-state index in [4.69, 9.17) is 11.6 Å². The monoisotopic (exact) mass is 277 g/mol. The summed E-state index contributed by atoms with van der Waals surface area (Å²) in [7, 11) is 0. The third kappa shape index (κ3) is 3.09. The molecule has 94 valence electrons. The minimum Gasteiger partial charge on any atom is -0.274 e. The Morgan fingerprint density at radius 1 is 1.06 bits per heavy atom. The van der Waals surface area contributed by atoms with Gasteiger partial charge in [-0.15, -0.1) is 0 Å². The predicted molar refractivity (Wildman–Crippen MR) is 44.4 cm³/mol. The minimum absolute atomic E-state index is 0.117. The van der Waals surface area contributed by atoms with Crippen LogP contribution in [-0.4, -0.2) is 10.2 Å². The molecular formula is C8H2ClF6NO. The highest BCUT2D eigenvalue weighted by molar-refractivity contribution is 6.67. The van der Waals surface area contributed by atoms with Gasteiger partial charge < -0.3 is 0 Å². The zero-order valence-electron chi connectivity index (χ0n) is 7.66. The van der Waals surface area contributed by atoms with Crippen molar-refractivity contribution in [1.82, 2.24) is 4.98 Å². The molecule has 0 aliphatic heterocycles. The topological polar surface area (TPSA) is 30.0 Å². The van der Waals surface area contributed by atoms with Crippen LogP contribution < -0.4 is 0 Å². The van der Waals surface area contributed by atoms with E-state index in [1.165, 1.54) is 0 Å². The molecule has 0 atom stereocenters. The molecule has 0 bridgehead atoms. The van der Waals surface area contributed by atoms with Crippen molar-refractivity contribution in [2.24, 2.45) is 0 Å². The van der Waals surface area contributed by atoms with Crippen LogP contribution in [0, 0.1) is 0 Å². The highest BCUT2D eigenvalue weighted by Crippen LogP contribution is 2.39. The quantitative estimate of drug-likeness (QED) is 0.581. The molecule has 0 aromatic carbocycles. The average molecular weight is 278 g/mol. The molecule has 0 amide bonds. The largest absolute Gasteiger partial charge is 0.433 e. The molecule has 2 nitrogen and oxygen atoms in total. The van der Waals surface area contributed by atoms with E-state index >= 15 is 0 Å². The van der Waals surface area contributed by atoms with Crippen LogP contribution in [0.1, 0.15) is 21.7 Å². The van der Waals surface area contributed by atoms with Gasteiger partial charge in [0.1, 0.15) is 5.69 Å². The van der Waals surface area contributed by atoms with Gasteiger partial charge in [-0.3, -0.25) is 4.79 Å². The third-order valence-electron chi connectivity index (χ3n) is 1.67. The summed E-state index contributed by atoms with van der Waals surface area (Å²) in [4.78, 5) is 13.1. The molecule has 0 N–H and O–H groups in total. The van der Waals surface area contributed by atoms with E-state index < -0.39 is 34.5 Å². The summed E-state index contributed by atoms with van der Waals surface area (Å²) < 4.78 is 73.7. The molecule has 17 heavy (non-hydrogen) atoms. The van der Waals surface area contributed by atoms with Crippen molar-refractivity contribution in [2.45, 2.75) is 12.4 Å². The second kappa shape index (κ2) is 4.17. The van der Waals surface area contributed by atoms with Gasteiger partial charge in [0.2, 0.25) is 0 Å². The first kappa shape index (κ1) is 13.8. The summed E-state index contributed by atoms with van der Waals surface area (Å²) in [5, 5.41) is -1.37. The predicted octanol–water partition coefficient (Wildman–Crippen LogP) is 3.50. The number of alkyl halides is 6. The summed E-state index contributed by atoms with van der Waals surface area (Å²) in [6, 6.07) is 0.596. The lowest BCUT2D eigenvalue weighted by Gasteiger charge is -2.14. The Hall–Kier alpha value is -1.31. The molecule has 1 aromatic rings. The summed E-state index contributed by atoms with van der Waals surface area (Å²) in [6.45, 7) is 0. The maximum Gasteiger partial charge on any atom is 0.433 e.